The van der Waals surface area contributed by atoms with Crippen molar-refractivity contribution >= 4 is 11.6 Å². The number of amides is 1. The van der Waals surface area contributed by atoms with Gasteiger partial charge in [0, 0.05) is 6.54 Å². The Kier molecular flexibility index (Phi) is 4.37. The molecule has 19 heavy (non-hydrogen) atoms. The highest BCUT2D eigenvalue weighted by molar-refractivity contribution is 5.99. The van der Waals surface area contributed by atoms with Crippen LogP contribution in [-0.2, 0) is 0 Å². The molecule has 2 rings (SSSR count). The minimum Gasteiger partial charge on any atom is -0.396 e. The third kappa shape index (κ3) is 3.44. The SMILES string of the molecule is Nc1c(F)cccc1C(=O)NCC1CCCC(O)C1. The molecule has 1 aromatic carbocycles. The number of nitrogens with two attached hydrogens (primary N) is 1. The van der Waals surface area contributed by atoms with Crippen LogP contribution >= 0.6 is 0 Å². The normalized spacial score (nSPS) is 23.1. The second kappa shape index (κ2) is 6.02. The molecular formula is C14H19FN2O2. The number of hydrogen-bond donors (Lipinski definition) is 3. The molecule has 5 heteroatoms. The Bertz CT molecular complexity index is 465. The Morgan fingerprint density at radius 3 is 3.00 bits per heavy atom. The molecule has 2 atom stereocenters. The number of rotatable bonds is 3. The lowest BCUT2D eigenvalue weighted by atomic mass is 9.87. The number of aliphatic hydroxyl groups excluding tert-OH is 1. The number of aliphatic hydroxyl groups is 1. The molecular weight excluding hydrogens is 247 g/mol. The van der Waals surface area contributed by atoms with Crippen LogP contribution in [0.2, 0.25) is 0 Å². The number of nitrogens with one attached hydrogen (secondary N) is 1. The molecule has 1 fully saturated rings. The van der Waals surface area contributed by atoms with Gasteiger partial charge in [0.05, 0.1) is 17.4 Å². The van der Waals surface area contributed by atoms with Gasteiger partial charge in [-0.05, 0) is 37.3 Å². The molecule has 0 radical (unpaired) electrons. The molecule has 0 saturated heterocycles. The predicted molar refractivity (Wildman–Crippen MR) is 71.1 cm³/mol. The van der Waals surface area contributed by atoms with Gasteiger partial charge in [0.1, 0.15) is 5.82 Å². The highest BCUT2D eigenvalue weighted by Gasteiger charge is 2.21. The van der Waals surface area contributed by atoms with Crippen molar-refractivity contribution in [1.29, 1.82) is 0 Å². The molecule has 4 nitrogen and oxygen atoms in total. The van der Waals surface area contributed by atoms with Crippen molar-refractivity contribution in [2.75, 3.05) is 12.3 Å². The molecule has 0 aliphatic heterocycles. The van der Waals surface area contributed by atoms with Gasteiger partial charge < -0.3 is 16.2 Å². The molecule has 1 saturated carbocycles. The fourth-order valence-corrected chi connectivity index (χ4v) is 2.52. The summed E-state index contributed by atoms with van der Waals surface area (Å²) >= 11 is 0. The van der Waals surface area contributed by atoms with E-state index in [1.807, 2.05) is 0 Å². The van der Waals surface area contributed by atoms with E-state index in [9.17, 15) is 14.3 Å². The summed E-state index contributed by atoms with van der Waals surface area (Å²) in [4.78, 5) is 11.9. The Hall–Kier alpha value is -1.62. The van der Waals surface area contributed by atoms with E-state index in [1.165, 1.54) is 18.2 Å². The number of hydrogen-bond acceptors (Lipinski definition) is 3. The molecule has 4 N–H and O–H groups in total. The van der Waals surface area contributed by atoms with Crippen LogP contribution in [0.4, 0.5) is 10.1 Å². The van der Waals surface area contributed by atoms with Gasteiger partial charge in [-0.25, -0.2) is 4.39 Å². The number of carbonyl (C=O) groups is 1. The fourth-order valence-electron chi connectivity index (χ4n) is 2.52. The number of anilines is 1. The number of nitrogen functional groups attached to an aromatic ring is 1. The number of carbonyl (C=O) groups excluding carboxylic acids is 1. The summed E-state index contributed by atoms with van der Waals surface area (Å²) in [6, 6.07) is 4.19. The van der Waals surface area contributed by atoms with Crippen LogP contribution in [0, 0.1) is 11.7 Å². The standard InChI is InChI=1S/C14H19FN2O2/c15-12-6-2-5-11(13(12)16)14(19)17-8-9-3-1-4-10(18)7-9/h2,5-6,9-10,18H,1,3-4,7-8,16H2,(H,17,19). The van der Waals surface area contributed by atoms with E-state index in [1.54, 1.807) is 0 Å². The zero-order valence-corrected chi connectivity index (χ0v) is 10.7. The lowest BCUT2D eigenvalue weighted by Crippen LogP contribution is -2.33. The Balaban J connectivity index is 1.92. The van der Waals surface area contributed by atoms with Crippen LogP contribution in [0.1, 0.15) is 36.0 Å². The summed E-state index contributed by atoms with van der Waals surface area (Å²) in [6.07, 6.45) is 3.25. The molecule has 1 aliphatic carbocycles. The van der Waals surface area contributed by atoms with Crippen molar-refractivity contribution in [2.24, 2.45) is 5.92 Å². The topological polar surface area (TPSA) is 75.4 Å². The highest BCUT2D eigenvalue weighted by Crippen LogP contribution is 2.23. The number of para-hydroxylation sites is 1. The van der Waals surface area contributed by atoms with Crippen LogP contribution in [-0.4, -0.2) is 23.7 Å². The minimum atomic E-state index is -0.583. The third-order valence-corrected chi connectivity index (χ3v) is 3.60. The third-order valence-electron chi connectivity index (χ3n) is 3.60. The Morgan fingerprint density at radius 1 is 1.47 bits per heavy atom. The van der Waals surface area contributed by atoms with Crippen molar-refractivity contribution in [3.05, 3.63) is 29.6 Å². The maximum absolute atomic E-state index is 13.2. The second-order valence-electron chi connectivity index (χ2n) is 5.10. The monoisotopic (exact) mass is 266 g/mol. The van der Waals surface area contributed by atoms with Gasteiger partial charge in [0.25, 0.3) is 5.91 Å². The van der Waals surface area contributed by atoms with Crippen LogP contribution in [0.3, 0.4) is 0 Å². The summed E-state index contributed by atoms with van der Waals surface area (Å²) in [5, 5.41) is 12.3. The van der Waals surface area contributed by atoms with Gasteiger partial charge in [0.2, 0.25) is 0 Å². The van der Waals surface area contributed by atoms with Gasteiger partial charge in [-0.2, -0.15) is 0 Å². The summed E-state index contributed by atoms with van der Waals surface area (Å²) in [5.41, 5.74) is 5.58. The first-order valence-electron chi connectivity index (χ1n) is 6.58. The van der Waals surface area contributed by atoms with Gasteiger partial charge in [0.15, 0.2) is 0 Å². The van der Waals surface area contributed by atoms with Crippen LogP contribution < -0.4 is 11.1 Å². The molecule has 0 aromatic heterocycles. The molecule has 104 valence electrons. The average molecular weight is 266 g/mol. The average Bonchev–Trinajstić information content (AvgIpc) is 2.39. The van der Waals surface area contributed by atoms with Crippen molar-refractivity contribution in [2.45, 2.75) is 31.8 Å². The van der Waals surface area contributed by atoms with E-state index in [0.717, 1.165) is 19.3 Å². The van der Waals surface area contributed by atoms with Crippen molar-refractivity contribution in [1.82, 2.24) is 5.32 Å². The van der Waals surface area contributed by atoms with E-state index < -0.39 is 5.82 Å². The van der Waals surface area contributed by atoms with Crippen LogP contribution in [0.5, 0.6) is 0 Å². The van der Waals surface area contributed by atoms with Crippen molar-refractivity contribution in [3.63, 3.8) is 0 Å². The van der Waals surface area contributed by atoms with E-state index in [2.05, 4.69) is 5.32 Å². The summed E-state index contributed by atoms with van der Waals surface area (Å²) in [7, 11) is 0. The maximum atomic E-state index is 13.2. The van der Waals surface area contributed by atoms with E-state index in [4.69, 9.17) is 5.73 Å². The van der Waals surface area contributed by atoms with Gasteiger partial charge in [-0.1, -0.05) is 12.5 Å². The molecule has 0 bridgehead atoms. The first kappa shape index (κ1) is 13.8. The molecule has 1 amide bonds. The van der Waals surface area contributed by atoms with Crippen LogP contribution in [0.25, 0.3) is 0 Å². The van der Waals surface area contributed by atoms with Gasteiger partial charge in [-0.3, -0.25) is 4.79 Å². The predicted octanol–water partition coefficient (Wildman–Crippen LogP) is 1.69. The van der Waals surface area contributed by atoms with E-state index in [0.29, 0.717) is 13.0 Å². The second-order valence-corrected chi connectivity index (χ2v) is 5.10. The largest absolute Gasteiger partial charge is 0.396 e. The maximum Gasteiger partial charge on any atom is 0.253 e. The molecule has 1 aromatic rings. The lowest BCUT2D eigenvalue weighted by molar-refractivity contribution is 0.0874. The molecule has 0 heterocycles. The van der Waals surface area contributed by atoms with Gasteiger partial charge >= 0.3 is 0 Å². The molecule has 2 unspecified atom stereocenters. The van der Waals surface area contributed by atoms with E-state index >= 15 is 0 Å². The molecule has 0 spiro atoms. The minimum absolute atomic E-state index is 0.122. The van der Waals surface area contributed by atoms with Crippen molar-refractivity contribution in [3.8, 4) is 0 Å². The van der Waals surface area contributed by atoms with Crippen molar-refractivity contribution < 1.29 is 14.3 Å². The summed E-state index contributed by atoms with van der Waals surface area (Å²) in [6.45, 7) is 0.492. The van der Waals surface area contributed by atoms with Gasteiger partial charge in [-0.15, -0.1) is 0 Å². The Labute approximate surface area is 111 Å². The number of benzene rings is 1. The summed E-state index contributed by atoms with van der Waals surface area (Å²) < 4.78 is 13.2. The first-order chi connectivity index (χ1) is 9.08. The lowest BCUT2D eigenvalue weighted by Gasteiger charge is -2.25. The Morgan fingerprint density at radius 2 is 2.26 bits per heavy atom. The number of halogens is 1. The zero-order valence-electron chi connectivity index (χ0n) is 10.7. The van der Waals surface area contributed by atoms with E-state index in [-0.39, 0.29) is 29.2 Å². The smallest absolute Gasteiger partial charge is 0.253 e. The fraction of sp³-hybridized carbons (Fsp3) is 0.500. The molecule has 1 aliphatic rings. The summed E-state index contributed by atoms with van der Waals surface area (Å²) in [5.74, 6) is -0.666. The van der Waals surface area contributed by atoms with Crippen LogP contribution in [0.15, 0.2) is 18.2 Å². The highest BCUT2D eigenvalue weighted by atomic mass is 19.1. The first-order valence-corrected chi connectivity index (χ1v) is 6.58. The quantitative estimate of drug-likeness (QED) is 0.729. The zero-order chi connectivity index (χ0) is 13.8.